The van der Waals surface area contributed by atoms with Crippen LogP contribution in [0.15, 0.2) is 36.4 Å². The molecule has 210 valence electrons. The second-order valence-electron chi connectivity index (χ2n) is 10.0. The van der Waals surface area contributed by atoms with Gasteiger partial charge >= 0.3 is 0 Å². The van der Waals surface area contributed by atoms with Crippen LogP contribution in [0.25, 0.3) is 11.2 Å². The van der Waals surface area contributed by atoms with Gasteiger partial charge in [0.15, 0.2) is 5.65 Å². The number of hydrogen-bond acceptors (Lipinski definition) is 5. The van der Waals surface area contributed by atoms with Crippen LogP contribution in [0.1, 0.15) is 55.0 Å². The highest BCUT2D eigenvalue weighted by molar-refractivity contribution is 6.36. The summed E-state index contributed by atoms with van der Waals surface area (Å²) < 4.78 is 19.1. The van der Waals surface area contributed by atoms with Crippen molar-refractivity contribution in [2.75, 3.05) is 11.9 Å². The fourth-order valence-electron chi connectivity index (χ4n) is 3.79. The van der Waals surface area contributed by atoms with Crippen LogP contribution in [0.5, 0.6) is 5.88 Å². The van der Waals surface area contributed by atoms with Gasteiger partial charge in [-0.25, -0.2) is 9.37 Å². The van der Waals surface area contributed by atoms with Gasteiger partial charge in [-0.1, -0.05) is 61.6 Å². The Kier molecular flexibility index (Phi) is 8.87. The zero-order valence-corrected chi connectivity index (χ0v) is 24.5. The first kappa shape index (κ1) is 29.6. The first-order valence-corrected chi connectivity index (χ1v) is 13.5. The summed E-state index contributed by atoms with van der Waals surface area (Å²) >= 11 is 19.0. The molecule has 0 saturated carbocycles. The van der Waals surface area contributed by atoms with E-state index in [0.29, 0.717) is 43.8 Å². The second-order valence-corrected chi connectivity index (χ2v) is 11.2. The molecule has 4 aromatic rings. The maximum absolute atomic E-state index is 13.5. The van der Waals surface area contributed by atoms with E-state index in [1.807, 2.05) is 20.8 Å². The van der Waals surface area contributed by atoms with Gasteiger partial charge in [-0.15, -0.1) is 0 Å². The van der Waals surface area contributed by atoms with E-state index >= 15 is 0 Å². The van der Waals surface area contributed by atoms with Gasteiger partial charge in [-0.3, -0.25) is 9.59 Å². The Morgan fingerprint density at radius 2 is 1.80 bits per heavy atom. The van der Waals surface area contributed by atoms with Gasteiger partial charge < -0.3 is 20.4 Å². The highest BCUT2D eigenvalue weighted by Crippen LogP contribution is 2.31. The zero-order chi connectivity index (χ0) is 29.2. The number of carbonyl (C=O) groups is 2. The maximum atomic E-state index is 13.5. The number of H-pyrrole nitrogens is 1. The van der Waals surface area contributed by atoms with Crippen molar-refractivity contribution < 1.29 is 18.7 Å². The fourth-order valence-corrected chi connectivity index (χ4v) is 4.55. The lowest BCUT2D eigenvalue weighted by molar-refractivity contribution is -0.128. The second kappa shape index (κ2) is 12.0. The van der Waals surface area contributed by atoms with E-state index in [1.54, 1.807) is 25.1 Å². The molecule has 8 nitrogen and oxygen atoms in total. The van der Waals surface area contributed by atoms with Crippen molar-refractivity contribution in [1.82, 2.24) is 20.3 Å². The number of nitrogens with zero attached hydrogens (tertiary/aromatic N) is 2. The highest BCUT2D eigenvalue weighted by atomic mass is 35.5. The number of carbonyl (C=O) groups excluding carboxylic acids is 2. The van der Waals surface area contributed by atoms with Crippen molar-refractivity contribution in [3.8, 4) is 5.88 Å². The molecule has 0 bridgehead atoms. The third kappa shape index (κ3) is 6.66. The number of hydrogen-bond donors (Lipinski definition) is 3. The summed E-state index contributed by atoms with van der Waals surface area (Å²) in [4.78, 5) is 37.5. The number of amides is 2. The van der Waals surface area contributed by atoms with Crippen molar-refractivity contribution >= 4 is 63.5 Å². The van der Waals surface area contributed by atoms with Gasteiger partial charge in [0, 0.05) is 29.1 Å². The molecular weight excluding hydrogens is 580 g/mol. The number of fused-ring (bicyclic) bond motifs is 1. The standard InChI is InChI=1S/C28H27Cl3FN5O3/c1-5-40-26-17(25(38)34-15-7-9-20(32)19(30)10-15)11-21-24(37-26)36-22(35-21)12-16-18(29)8-6-14(23(16)31)13-33-27(39)28(2,3)4/h6-11H,5,12-13H2,1-4H3,(H,33,39)(H,34,38)(H,35,36,37). The molecule has 0 aliphatic carbocycles. The average Bonchev–Trinajstić information content (AvgIpc) is 3.28. The molecule has 2 aromatic carbocycles. The Morgan fingerprint density at radius 1 is 1.05 bits per heavy atom. The fraction of sp³-hybridized carbons (Fsp3) is 0.286. The van der Waals surface area contributed by atoms with E-state index in [1.165, 1.54) is 12.1 Å². The molecule has 0 unspecified atom stereocenters. The number of benzene rings is 2. The van der Waals surface area contributed by atoms with E-state index in [9.17, 15) is 14.0 Å². The van der Waals surface area contributed by atoms with Crippen LogP contribution in [0, 0.1) is 11.2 Å². The summed E-state index contributed by atoms with van der Waals surface area (Å²) in [7, 11) is 0. The minimum absolute atomic E-state index is 0.0893. The predicted molar refractivity (Wildman–Crippen MR) is 155 cm³/mol. The van der Waals surface area contributed by atoms with Crippen LogP contribution in [-0.4, -0.2) is 33.4 Å². The first-order chi connectivity index (χ1) is 18.9. The topological polar surface area (TPSA) is 109 Å². The molecule has 0 saturated heterocycles. The summed E-state index contributed by atoms with van der Waals surface area (Å²) in [5.74, 6) is -0.620. The molecule has 2 amide bonds. The van der Waals surface area contributed by atoms with Crippen LogP contribution >= 0.6 is 34.8 Å². The van der Waals surface area contributed by atoms with Crippen LogP contribution in [-0.2, 0) is 17.8 Å². The Hall–Kier alpha value is -3.40. The molecule has 0 atom stereocenters. The molecular formula is C28H27Cl3FN5O3. The summed E-state index contributed by atoms with van der Waals surface area (Å²) in [6.45, 7) is 7.77. The van der Waals surface area contributed by atoms with E-state index in [4.69, 9.17) is 39.5 Å². The SMILES string of the molecule is CCOc1nc2nc(Cc3c(Cl)ccc(CNC(=O)C(C)(C)C)c3Cl)[nH]c2cc1C(=O)Nc1ccc(F)c(Cl)c1. The Balaban J connectivity index is 1.61. The number of rotatable bonds is 8. The lowest BCUT2D eigenvalue weighted by Gasteiger charge is -2.18. The molecule has 0 aliphatic rings. The Bertz CT molecular complexity index is 1600. The number of ether oxygens (including phenoxy) is 1. The van der Waals surface area contributed by atoms with Gasteiger partial charge in [0.05, 0.1) is 22.2 Å². The van der Waals surface area contributed by atoms with E-state index in [0.717, 1.165) is 6.07 Å². The number of anilines is 1. The number of imidazole rings is 1. The molecule has 4 rings (SSSR count). The predicted octanol–water partition coefficient (Wildman–Crippen LogP) is 6.96. The van der Waals surface area contributed by atoms with Crippen molar-refractivity contribution in [2.24, 2.45) is 5.41 Å². The van der Waals surface area contributed by atoms with Crippen LogP contribution in [0.4, 0.5) is 10.1 Å². The average molecular weight is 607 g/mol. The molecule has 0 aliphatic heterocycles. The molecule has 3 N–H and O–H groups in total. The third-order valence-electron chi connectivity index (χ3n) is 5.92. The minimum Gasteiger partial charge on any atom is -0.477 e. The minimum atomic E-state index is -0.594. The number of pyridine rings is 1. The van der Waals surface area contributed by atoms with Gasteiger partial charge in [0.2, 0.25) is 11.8 Å². The lowest BCUT2D eigenvalue weighted by atomic mass is 9.95. The van der Waals surface area contributed by atoms with Crippen molar-refractivity contribution in [3.63, 3.8) is 0 Å². The normalized spacial score (nSPS) is 11.5. The molecule has 12 heteroatoms. The van der Waals surface area contributed by atoms with Crippen LogP contribution in [0.3, 0.4) is 0 Å². The number of aromatic amines is 1. The zero-order valence-electron chi connectivity index (χ0n) is 22.2. The van der Waals surface area contributed by atoms with E-state index < -0.39 is 17.1 Å². The number of nitrogens with one attached hydrogen (secondary N) is 3. The van der Waals surface area contributed by atoms with E-state index in [2.05, 4.69) is 25.6 Å². The largest absolute Gasteiger partial charge is 0.477 e. The van der Waals surface area contributed by atoms with Gasteiger partial charge in [0.25, 0.3) is 5.91 Å². The van der Waals surface area contributed by atoms with Crippen molar-refractivity contribution in [3.05, 3.63) is 79.8 Å². The van der Waals surface area contributed by atoms with Gasteiger partial charge in [-0.05, 0) is 48.4 Å². The lowest BCUT2D eigenvalue weighted by Crippen LogP contribution is -2.34. The molecule has 40 heavy (non-hydrogen) atoms. The summed E-state index contributed by atoms with van der Waals surface area (Å²) in [6, 6.07) is 8.94. The number of halogens is 4. The highest BCUT2D eigenvalue weighted by Gasteiger charge is 2.22. The molecule has 0 fully saturated rings. The van der Waals surface area contributed by atoms with Crippen LogP contribution < -0.4 is 15.4 Å². The van der Waals surface area contributed by atoms with Crippen molar-refractivity contribution in [1.29, 1.82) is 0 Å². The van der Waals surface area contributed by atoms with E-state index in [-0.39, 0.29) is 41.9 Å². The third-order valence-corrected chi connectivity index (χ3v) is 7.04. The quantitative estimate of drug-likeness (QED) is 0.201. The summed E-state index contributed by atoms with van der Waals surface area (Å²) in [5, 5.41) is 6.31. The van der Waals surface area contributed by atoms with Crippen LogP contribution in [0.2, 0.25) is 15.1 Å². The summed E-state index contributed by atoms with van der Waals surface area (Å²) in [5.41, 5.74) is 2.09. The van der Waals surface area contributed by atoms with Gasteiger partial charge in [0.1, 0.15) is 17.2 Å². The monoisotopic (exact) mass is 605 g/mol. The molecule has 2 aromatic heterocycles. The maximum Gasteiger partial charge on any atom is 0.261 e. The summed E-state index contributed by atoms with van der Waals surface area (Å²) in [6.07, 6.45) is 0.245. The van der Waals surface area contributed by atoms with Gasteiger partial charge in [-0.2, -0.15) is 4.98 Å². The molecule has 0 spiro atoms. The molecule has 2 heterocycles. The van der Waals surface area contributed by atoms with Crippen molar-refractivity contribution in [2.45, 2.75) is 40.7 Å². The molecule has 0 radical (unpaired) electrons. The Morgan fingerprint density at radius 3 is 2.48 bits per heavy atom. The number of aromatic nitrogens is 3. The Labute approximate surface area is 245 Å². The smallest absolute Gasteiger partial charge is 0.261 e. The first-order valence-electron chi connectivity index (χ1n) is 12.4.